The van der Waals surface area contributed by atoms with Gasteiger partial charge in [0.2, 0.25) is 0 Å². The number of amides is 1. The summed E-state index contributed by atoms with van der Waals surface area (Å²) in [4.78, 5) is 13.8. The van der Waals surface area contributed by atoms with Gasteiger partial charge in [-0.3, -0.25) is 4.79 Å². The molecule has 2 N–H and O–H groups in total. The Morgan fingerprint density at radius 3 is 2.65 bits per heavy atom. The number of nitrogens with zero attached hydrogens (tertiary/aromatic N) is 1. The van der Waals surface area contributed by atoms with Crippen molar-refractivity contribution in [1.82, 2.24) is 0 Å². The maximum absolute atomic E-state index is 13.2. The molecule has 104 valence electrons. The molecule has 0 fully saturated rings. The normalized spacial score (nSPS) is 10.2. The van der Waals surface area contributed by atoms with Crippen molar-refractivity contribution in [3.63, 3.8) is 0 Å². The smallest absolute Gasteiger partial charge is 0.261 e. The summed E-state index contributed by atoms with van der Waals surface area (Å²) in [5.41, 5.74) is 6.95. The molecule has 5 heteroatoms. The Balaban J connectivity index is 2.38. The number of methoxy groups -OCH3 is 1. The molecular formula is C15H15FN2O2. The number of benzene rings is 2. The molecule has 2 aromatic carbocycles. The lowest BCUT2D eigenvalue weighted by atomic mass is 10.1. The van der Waals surface area contributed by atoms with E-state index in [1.165, 1.54) is 30.2 Å². The van der Waals surface area contributed by atoms with Crippen LogP contribution in [0, 0.1) is 5.82 Å². The molecule has 0 radical (unpaired) electrons. The average molecular weight is 274 g/mol. The highest BCUT2D eigenvalue weighted by Gasteiger charge is 2.18. The van der Waals surface area contributed by atoms with Crippen molar-refractivity contribution in [2.75, 3.05) is 24.8 Å². The number of nitrogens with two attached hydrogens (primary N) is 1. The summed E-state index contributed by atoms with van der Waals surface area (Å²) in [6.07, 6.45) is 0. The van der Waals surface area contributed by atoms with Gasteiger partial charge in [-0.2, -0.15) is 0 Å². The molecule has 0 aromatic heterocycles. The molecule has 4 nitrogen and oxygen atoms in total. The van der Waals surface area contributed by atoms with Gasteiger partial charge >= 0.3 is 0 Å². The van der Waals surface area contributed by atoms with Crippen LogP contribution in [-0.2, 0) is 0 Å². The lowest BCUT2D eigenvalue weighted by Crippen LogP contribution is -2.26. The van der Waals surface area contributed by atoms with Crippen molar-refractivity contribution in [2.45, 2.75) is 0 Å². The molecule has 2 rings (SSSR count). The number of hydrogen-bond acceptors (Lipinski definition) is 3. The number of halogens is 1. The largest absolute Gasteiger partial charge is 0.496 e. The third kappa shape index (κ3) is 2.71. The van der Waals surface area contributed by atoms with Crippen LogP contribution in [-0.4, -0.2) is 20.1 Å². The first kappa shape index (κ1) is 13.9. The van der Waals surface area contributed by atoms with Gasteiger partial charge < -0.3 is 15.4 Å². The number of hydrogen-bond donors (Lipinski definition) is 1. The van der Waals surface area contributed by atoms with E-state index in [9.17, 15) is 9.18 Å². The molecule has 20 heavy (non-hydrogen) atoms. The Hall–Kier alpha value is -2.56. The van der Waals surface area contributed by atoms with Crippen LogP contribution >= 0.6 is 0 Å². The first-order valence-electron chi connectivity index (χ1n) is 6.00. The van der Waals surface area contributed by atoms with E-state index in [2.05, 4.69) is 0 Å². The standard InChI is InChI=1S/C15H15FN2O2/c1-18(12-5-3-4-10(16)8-12)15(19)13-9-11(17)6-7-14(13)20-2/h3-9H,17H2,1-2H3. The molecule has 0 saturated heterocycles. The Kier molecular flexibility index (Phi) is 3.89. The number of carbonyl (C=O) groups is 1. The van der Waals surface area contributed by atoms with E-state index in [4.69, 9.17) is 10.5 Å². The second-order valence-electron chi connectivity index (χ2n) is 4.30. The number of nitrogen functional groups attached to an aromatic ring is 1. The minimum Gasteiger partial charge on any atom is -0.496 e. The lowest BCUT2D eigenvalue weighted by molar-refractivity contribution is 0.0990. The van der Waals surface area contributed by atoms with Crippen LogP contribution in [0.5, 0.6) is 5.75 Å². The maximum atomic E-state index is 13.2. The van der Waals surface area contributed by atoms with Gasteiger partial charge in [0.05, 0.1) is 12.7 Å². The van der Waals surface area contributed by atoms with E-state index in [1.54, 1.807) is 31.3 Å². The zero-order valence-corrected chi connectivity index (χ0v) is 11.3. The molecule has 0 bridgehead atoms. The van der Waals surface area contributed by atoms with Crippen LogP contribution in [0.25, 0.3) is 0 Å². The molecule has 0 aliphatic rings. The summed E-state index contributed by atoms with van der Waals surface area (Å²) >= 11 is 0. The van der Waals surface area contributed by atoms with E-state index in [1.807, 2.05) is 0 Å². The first-order valence-corrected chi connectivity index (χ1v) is 6.00. The van der Waals surface area contributed by atoms with Gasteiger partial charge in [-0.05, 0) is 36.4 Å². The van der Waals surface area contributed by atoms with Crippen LogP contribution in [0.3, 0.4) is 0 Å². The molecule has 0 aliphatic heterocycles. The summed E-state index contributed by atoms with van der Waals surface area (Å²) in [5, 5.41) is 0. The van der Waals surface area contributed by atoms with Gasteiger partial charge in [-0.1, -0.05) is 6.07 Å². The summed E-state index contributed by atoms with van der Waals surface area (Å²) in [6.45, 7) is 0. The average Bonchev–Trinajstić information content (AvgIpc) is 2.45. The highest BCUT2D eigenvalue weighted by atomic mass is 19.1. The predicted octanol–water partition coefficient (Wildman–Crippen LogP) is 2.69. The topological polar surface area (TPSA) is 55.6 Å². The fraction of sp³-hybridized carbons (Fsp3) is 0.133. The van der Waals surface area contributed by atoms with Crippen molar-refractivity contribution in [2.24, 2.45) is 0 Å². The maximum Gasteiger partial charge on any atom is 0.261 e. The highest BCUT2D eigenvalue weighted by Crippen LogP contribution is 2.24. The van der Waals surface area contributed by atoms with Crippen LogP contribution < -0.4 is 15.4 Å². The first-order chi connectivity index (χ1) is 9.52. The zero-order chi connectivity index (χ0) is 14.7. The van der Waals surface area contributed by atoms with Crippen molar-refractivity contribution < 1.29 is 13.9 Å². The summed E-state index contributed by atoms with van der Waals surface area (Å²) in [5.74, 6) is -0.297. The van der Waals surface area contributed by atoms with Gasteiger partial charge in [0, 0.05) is 18.4 Å². The van der Waals surface area contributed by atoms with Crippen LogP contribution in [0.4, 0.5) is 15.8 Å². The zero-order valence-electron chi connectivity index (χ0n) is 11.3. The third-order valence-corrected chi connectivity index (χ3v) is 2.95. The number of ether oxygens (including phenoxy) is 1. The second-order valence-corrected chi connectivity index (χ2v) is 4.30. The van der Waals surface area contributed by atoms with Crippen molar-refractivity contribution >= 4 is 17.3 Å². The molecule has 0 saturated carbocycles. The van der Waals surface area contributed by atoms with Crippen LogP contribution in [0.2, 0.25) is 0 Å². The van der Waals surface area contributed by atoms with Gasteiger partial charge in [-0.25, -0.2) is 4.39 Å². The number of carbonyl (C=O) groups excluding carboxylic acids is 1. The molecule has 0 heterocycles. The van der Waals surface area contributed by atoms with Crippen molar-refractivity contribution in [1.29, 1.82) is 0 Å². The molecule has 0 spiro atoms. The van der Waals surface area contributed by atoms with Gasteiger partial charge in [0.15, 0.2) is 0 Å². The Labute approximate surface area is 116 Å². The van der Waals surface area contributed by atoms with E-state index < -0.39 is 5.82 Å². The summed E-state index contributed by atoms with van der Waals surface area (Å²) in [7, 11) is 3.05. The quantitative estimate of drug-likeness (QED) is 0.875. The lowest BCUT2D eigenvalue weighted by Gasteiger charge is -2.19. The van der Waals surface area contributed by atoms with E-state index in [-0.39, 0.29) is 5.91 Å². The molecular weight excluding hydrogens is 259 g/mol. The highest BCUT2D eigenvalue weighted by molar-refractivity contribution is 6.08. The van der Waals surface area contributed by atoms with Gasteiger partial charge in [0.1, 0.15) is 11.6 Å². The Morgan fingerprint density at radius 1 is 1.25 bits per heavy atom. The number of rotatable bonds is 3. The second kappa shape index (κ2) is 5.61. The molecule has 0 atom stereocenters. The monoisotopic (exact) mass is 274 g/mol. The van der Waals surface area contributed by atoms with Crippen molar-refractivity contribution in [3.05, 3.63) is 53.8 Å². The molecule has 0 unspecified atom stereocenters. The fourth-order valence-electron chi connectivity index (χ4n) is 1.88. The summed E-state index contributed by atoms with van der Waals surface area (Å²) < 4.78 is 18.4. The number of anilines is 2. The molecule has 0 aliphatic carbocycles. The molecule has 1 amide bonds. The van der Waals surface area contributed by atoms with Crippen LogP contribution in [0.1, 0.15) is 10.4 Å². The third-order valence-electron chi connectivity index (χ3n) is 2.95. The Bertz CT molecular complexity index is 644. The van der Waals surface area contributed by atoms with Gasteiger partial charge in [-0.15, -0.1) is 0 Å². The minimum atomic E-state index is -0.401. The SMILES string of the molecule is COc1ccc(N)cc1C(=O)N(C)c1cccc(F)c1. The predicted molar refractivity (Wildman–Crippen MR) is 76.5 cm³/mol. The summed E-state index contributed by atoms with van der Waals surface area (Å²) in [6, 6.07) is 10.6. The minimum absolute atomic E-state index is 0.320. The van der Waals surface area contributed by atoms with Gasteiger partial charge in [0.25, 0.3) is 5.91 Å². The van der Waals surface area contributed by atoms with Crippen LogP contribution in [0.15, 0.2) is 42.5 Å². The fourth-order valence-corrected chi connectivity index (χ4v) is 1.88. The van der Waals surface area contributed by atoms with Crippen molar-refractivity contribution in [3.8, 4) is 5.75 Å². The van der Waals surface area contributed by atoms with E-state index in [0.717, 1.165) is 0 Å². The Morgan fingerprint density at radius 2 is 2.00 bits per heavy atom. The van der Waals surface area contributed by atoms with E-state index in [0.29, 0.717) is 22.7 Å². The molecule has 2 aromatic rings. The van der Waals surface area contributed by atoms with E-state index >= 15 is 0 Å².